The normalized spacial score (nSPS) is 15.6. The van der Waals surface area contributed by atoms with Crippen LogP contribution >= 0.6 is 23.4 Å². The second kappa shape index (κ2) is 7.29. The summed E-state index contributed by atoms with van der Waals surface area (Å²) in [6, 6.07) is 7.48. The number of hydrogen-bond donors (Lipinski definition) is 2. The van der Waals surface area contributed by atoms with Crippen molar-refractivity contribution in [3.05, 3.63) is 51.6 Å². The van der Waals surface area contributed by atoms with Crippen LogP contribution < -0.4 is 0 Å². The van der Waals surface area contributed by atoms with Gasteiger partial charge in [0.1, 0.15) is 18.1 Å². The quantitative estimate of drug-likeness (QED) is 0.722. The highest BCUT2D eigenvalue weighted by Crippen LogP contribution is 2.33. The fourth-order valence-corrected chi connectivity index (χ4v) is 3.35. The molecule has 27 heavy (non-hydrogen) atoms. The van der Waals surface area contributed by atoms with E-state index in [1.807, 2.05) is 0 Å². The summed E-state index contributed by atoms with van der Waals surface area (Å²) in [5.74, 6) is -2.61. The maximum atomic E-state index is 12.1. The first-order valence-corrected chi connectivity index (χ1v) is 8.56. The molecule has 2 heterocycles. The molecule has 0 unspecified atom stereocenters. The fraction of sp³-hybridized carbons (Fsp3) is 0.0588. The molecule has 0 bridgehead atoms. The zero-order valence-electron chi connectivity index (χ0n) is 13.3. The molecule has 0 saturated carbocycles. The Hall–Kier alpha value is -3.04. The third kappa shape index (κ3) is 3.88. The molecule has 1 aliphatic rings. The van der Waals surface area contributed by atoms with Crippen LogP contribution in [0.2, 0.25) is 5.02 Å². The molecule has 1 aromatic heterocycles. The summed E-state index contributed by atoms with van der Waals surface area (Å²) in [6.45, 7) is -0.714. The lowest BCUT2D eigenvalue weighted by Crippen LogP contribution is -2.33. The van der Waals surface area contributed by atoms with Gasteiger partial charge in [0, 0.05) is 11.6 Å². The van der Waals surface area contributed by atoms with E-state index in [0.717, 1.165) is 0 Å². The number of aliphatic carboxylic acids is 1. The van der Waals surface area contributed by atoms with E-state index in [-0.39, 0.29) is 21.3 Å². The predicted octanol–water partition coefficient (Wildman–Crippen LogP) is 3.42. The number of rotatable bonds is 5. The first-order valence-electron chi connectivity index (χ1n) is 7.36. The van der Waals surface area contributed by atoms with Crippen molar-refractivity contribution in [3.8, 4) is 11.3 Å². The molecule has 138 valence electrons. The van der Waals surface area contributed by atoms with Gasteiger partial charge in [0.05, 0.1) is 15.5 Å². The molecular formula is C17H10ClNO7S. The van der Waals surface area contributed by atoms with Crippen molar-refractivity contribution in [1.29, 1.82) is 0 Å². The van der Waals surface area contributed by atoms with Crippen molar-refractivity contribution in [2.45, 2.75) is 0 Å². The lowest BCUT2D eigenvalue weighted by molar-refractivity contribution is -0.140. The number of carboxylic acids is 2. The molecule has 2 N–H and O–H groups in total. The molecule has 1 aliphatic heterocycles. The SMILES string of the molecule is O=C(O)CN1C(=O)S/C(=C\c2ccc(-c3ccc(Cl)c(C(=O)O)c3)o2)C1=O. The van der Waals surface area contributed by atoms with Crippen molar-refractivity contribution in [2.75, 3.05) is 6.54 Å². The average Bonchev–Trinajstić information content (AvgIpc) is 3.15. The number of amides is 2. The van der Waals surface area contributed by atoms with Crippen LogP contribution in [0.4, 0.5) is 4.79 Å². The molecule has 1 saturated heterocycles. The van der Waals surface area contributed by atoms with Gasteiger partial charge in [0.2, 0.25) is 0 Å². The molecule has 2 amide bonds. The number of benzene rings is 1. The standard InChI is InChI=1S/C17H10ClNO7S/c18-11-3-1-8(5-10(11)16(23)24)12-4-2-9(26-12)6-13-15(22)19(7-14(20)21)17(25)27-13/h1-6H,7H2,(H,20,21)(H,23,24)/b13-6-. The summed E-state index contributed by atoms with van der Waals surface area (Å²) in [5, 5.41) is 17.3. The van der Waals surface area contributed by atoms with E-state index in [0.29, 0.717) is 28.0 Å². The first-order chi connectivity index (χ1) is 12.8. The van der Waals surface area contributed by atoms with E-state index in [1.165, 1.54) is 24.3 Å². The molecule has 2 aromatic rings. The lowest BCUT2D eigenvalue weighted by atomic mass is 10.1. The van der Waals surface area contributed by atoms with Crippen molar-refractivity contribution < 1.29 is 33.8 Å². The third-order valence-electron chi connectivity index (χ3n) is 3.55. The number of carbonyl (C=O) groups excluding carboxylic acids is 2. The number of thioether (sulfide) groups is 1. The first kappa shape index (κ1) is 18.7. The average molecular weight is 408 g/mol. The number of furan rings is 1. The van der Waals surface area contributed by atoms with Crippen LogP contribution in [-0.4, -0.2) is 44.7 Å². The fourth-order valence-electron chi connectivity index (χ4n) is 2.33. The Bertz CT molecular complexity index is 1010. The molecule has 8 nitrogen and oxygen atoms in total. The van der Waals surface area contributed by atoms with Crippen molar-refractivity contribution in [1.82, 2.24) is 4.90 Å². The zero-order chi connectivity index (χ0) is 19.7. The van der Waals surface area contributed by atoms with Crippen LogP contribution in [0, 0.1) is 0 Å². The summed E-state index contributed by atoms with van der Waals surface area (Å²) in [6.07, 6.45) is 1.32. The number of nitrogens with zero attached hydrogens (tertiary/aromatic N) is 1. The molecule has 0 radical (unpaired) electrons. The molecule has 0 atom stereocenters. The molecule has 1 aromatic carbocycles. The summed E-state index contributed by atoms with van der Waals surface area (Å²) >= 11 is 6.45. The van der Waals surface area contributed by atoms with Gasteiger partial charge in [-0.1, -0.05) is 11.6 Å². The molecular weight excluding hydrogens is 398 g/mol. The van der Waals surface area contributed by atoms with Gasteiger partial charge in [0.25, 0.3) is 11.1 Å². The van der Waals surface area contributed by atoms with Crippen LogP contribution in [0.25, 0.3) is 17.4 Å². The lowest BCUT2D eigenvalue weighted by Gasteiger charge is -2.07. The van der Waals surface area contributed by atoms with Crippen molar-refractivity contribution in [2.24, 2.45) is 0 Å². The highest BCUT2D eigenvalue weighted by molar-refractivity contribution is 8.18. The minimum Gasteiger partial charge on any atom is -0.480 e. The second-order valence-electron chi connectivity index (χ2n) is 5.36. The predicted molar refractivity (Wildman–Crippen MR) is 96.4 cm³/mol. The summed E-state index contributed by atoms with van der Waals surface area (Å²) in [4.78, 5) is 46.4. The summed E-state index contributed by atoms with van der Waals surface area (Å²) in [7, 11) is 0. The van der Waals surface area contributed by atoms with E-state index >= 15 is 0 Å². The number of halogens is 1. The van der Waals surface area contributed by atoms with Gasteiger partial charge in [-0.2, -0.15) is 0 Å². The van der Waals surface area contributed by atoms with Gasteiger partial charge in [-0.05, 0) is 42.1 Å². The number of aromatic carboxylic acids is 1. The molecule has 0 spiro atoms. The van der Waals surface area contributed by atoms with E-state index in [4.69, 9.17) is 26.2 Å². The molecule has 3 rings (SSSR count). The van der Waals surface area contributed by atoms with Crippen LogP contribution in [-0.2, 0) is 9.59 Å². The Kier molecular flexibility index (Phi) is 5.06. The molecule has 10 heteroatoms. The van der Waals surface area contributed by atoms with Crippen LogP contribution in [0.5, 0.6) is 0 Å². The largest absolute Gasteiger partial charge is 0.480 e. The number of carbonyl (C=O) groups is 4. The summed E-state index contributed by atoms with van der Waals surface area (Å²) < 4.78 is 5.58. The Labute approximate surface area is 161 Å². The highest BCUT2D eigenvalue weighted by atomic mass is 35.5. The minimum absolute atomic E-state index is 0.0319. The van der Waals surface area contributed by atoms with Gasteiger partial charge >= 0.3 is 11.9 Å². The topological polar surface area (TPSA) is 125 Å². The highest BCUT2D eigenvalue weighted by Gasteiger charge is 2.36. The van der Waals surface area contributed by atoms with Crippen molar-refractivity contribution >= 4 is 52.5 Å². The Morgan fingerprint density at radius 2 is 1.93 bits per heavy atom. The van der Waals surface area contributed by atoms with Gasteiger partial charge in [-0.3, -0.25) is 19.3 Å². The minimum atomic E-state index is -1.30. The van der Waals surface area contributed by atoms with Crippen molar-refractivity contribution in [3.63, 3.8) is 0 Å². The van der Waals surface area contributed by atoms with Crippen LogP contribution in [0.3, 0.4) is 0 Å². The summed E-state index contributed by atoms with van der Waals surface area (Å²) in [5.41, 5.74) is 0.386. The van der Waals surface area contributed by atoms with E-state index in [9.17, 15) is 19.2 Å². The molecule has 1 fully saturated rings. The zero-order valence-corrected chi connectivity index (χ0v) is 14.9. The van der Waals surface area contributed by atoms with Gasteiger partial charge < -0.3 is 14.6 Å². The maximum absolute atomic E-state index is 12.1. The van der Waals surface area contributed by atoms with E-state index in [1.54, 1.807) is 12.1 Å². The number of hydrogen-bond acceptors (Lipinski definition) is 6. The van der Waals surface area contributed by atoms with Gasteiger partial charge in [-0.25, -0.2) is 4.79 Å². The maximum Gasteiger partial charge on any atom is 0.337 e. The van der Waals surface area contributed by atoms with Gasteiger partial charge in [-0.15, -0.1) is 0 Å². The van der Waals surface area contributed by atoms with Crippen LogP contribution in [0.1, 0.15) is 16.1 Å². The Morgan fingerprint density at radius 1 is 1.19 bits per heavy atom. The van der Waals surface area contributed by atoms with Crippen LogP contribution in [0.15, 0.2) is 39.7 Å². The number of carboxylic acid groups (broad SMARTS) is 2. The monoisotopic (exact) mass is 407 g/mol. The third-order valence-corrected chi connectivity index (χ3v) is 4.79. The van der Waals surface area contributed by atoms with E-state index < -0.39 is 29.6 Å². The van der Waals surface area contributed by atoms with Gasteiger partial charge in [0.15, 0.2) is 0 Å². The Morgan fingerprint density at radius 3 is 2.59 bits per heavy atom. The number of imide groups is 1. The second-order valence-corrected chi connectivity index (χ2v) is 6.76. The molecule has 0 aliphatic carbocycles. The Balaban J connectivity index is 1.87. The smallest absolute Gasteiger partial charge is 0.337 e. The van der Waals surface area contributed by atoms with E-state index in [2.05, 4.69) is 0 Å².